The second-order valence-electron chi connectivity index (χ2n) is 6.66. The lowest BCUT2D eigenvalue weighted by Gasteiger charge is -2.43. The first-order valence-corrected chi connectivity index (χ1v) is 7.78. The van der Waals surface area contributed by atoms with E-state index in [0.29, 0.717) is 11.8 Å². The summed E-state index contributed by atoms with van der Waals surface area (Å²) in [4.78, 5) is 0. The van der Waals surface area contributed by atoms with Crippen LogP contribution in [0.15, 0.2) is 12.1 Å². The Bertz CT molecular complexity index is 479. The molecule has 2 nitrogen and oxygen atoms in total. The maximum Gasteiger partial charge on any atom is 0.122 e. The standard InChI is InChI=1S/C18H28O2/c1-12(2)15-8-6-7-9-18(15,19)16-10-14(4)17(20-5)11-13(16)3/h10-12,15,19H,6-9H2,1-5H3. The summed E-state index contributed by atoms with van der Waals surface area (Å²) in [6.07, 6.45) is 4.35. The second-order valence-corrected chi connectivity index (χ2v) is 6.66. The van der Waals surface area contributed by atoms with Crippen LogP contribution in [-0.4, -0.2) is 12.2 Å². The summed E-state index contributed by atoms with van der Waals surface area (Å²) in [5.74, 6) is 1.76. The zero-order valence-electron chi connectivity index (χ0n) is 13.5. The predicted molar refractivity (Wildman–Crippen MR) is 83.2 cm³/mol. The molecule has 2 rings (SSSR count). The lowest BCUT2D eigenvalue weighted by Crippen LogP contribution is -2.41. The zero-order valence-corrected chi connectivity index (χ0v) is 13.5. The molecule has 1 aliphatic rings. The van der Waals surface area contributed by atoms with Gasteiger partial charge in [0.2, 0.25) is 0 Å². The Kier molecular flexibility index (Phi) is 4.43. The van der Waals surface area contributed by atoms with Crippen molar-refractivity contribution in [3.63, 3.8) is 0 Å². The van der Waals surface area contributed by atoms with Crippen molar-refractivity contribution < 1.29 is 9.84 Å². The Morgan fingerprint density at radius 1 is 1.20 bits per heavy atom. The number of hydrogen-bond donors (Lipinski definition) is 1. The van der Waals surface area contributed by atoms with Gasteiger partial charge in [-0.05, 0) is 67.3 Å². The molecule has 0 amide bonds. The van der Waals surface area contributed by atoms with Crippen LogP contribution in [0, 0.1) is 25.7 Å². The van der Waals surface area contributed by atoms with E-state index < -0.39 is 5.60 Å². The molecule has 1 aliphatic carbocycles. The lowest BCUT2D eigenvalue weighted by molar-refractivity contribution is -0.0726. The number of methoxy groups -OCH3 is 1. The first-order valence-electron chi connectivity index (χ1n) is 7.78. The first-order chi connectivity index (χ1) is 9.40. The van der Waals surface area contributed by atoms with Crippen molar-refractivity contribution in [1.82, 2.24) is 0 Å². The van der Waals surface area contributed by atoms with Gasteiger partial charge in [0.25, 0.3) is 0 Å². The molecule has 0 aliphatic heterocycles. The second kappa shape index (κ2) is 5.77. The average Bonchev–Trinajstić information content (AvgIpc) is 2.40. The van der Waals surface area contributed by atoms with Gasteiger partial charge in [0.05, 0.1) is 12.7 Å². The van der Waals surface area contributed by atoms with Crippen molar-refractivity contribution in [3.8, 4) is 5.75 Å². The molecule has 1 aromatic carbocycles. The Labute approximate surface area is 123 Å². The molecule has 1 N–H and O–H groups in total. The van der Waals surface area contributed by atoms with E-state index in [-0.39, 0.29) is 0 Å². The summed E-state index contributed by atoms with van der Waals surface area (Å²) >= 11 is 0. The van der Waals surface area contributed by atoms with Gasteiger partial charge >= 0.3 is 0 Å². The molecule has 0 heterocycles. The van der Waals surface area contributed by atoms with Crippen molar-refractivity contribution in [1.29, 1.82) is 0 Å². The fraction of sp³-hybridized carbons (Fsp3) is 0.667. The molecule has 0 spiro atoms. The van der Waals surface area contributed by atoms with E-state index in [2.05, 4.69) is 39.8 Å². The zero-order chi connectivity index (χ0) is 14.9. The van der Waals surface area contributed by atoms with Gasteiger partial charge in [0, 0.05) is 0 Å². The van der Waals surface area contributed by atoms with Gasteiger partial charge in [-0.15, -0.1) is 0 Å². The predicted octanol–water partition coefficient (Wildman–Crippen LogP) is 4.35. The van der Waals surface area contributed by atoms with Crippen molar-refractivity contribution in [2.75, 3.05) is 7.11 Å². The summed E-state index contributed by atoms with van der Waals surface area (Å²) in [6, 6.07) is 4.20. The largest absolute Gasteiger partial charge is 0.496 e. The van der Waals surface area contributed by atoms with E-state index in [1.807, 2.05) is 0 Å². The molecule has 2 atom stereocenters. The minimum Gasteiger partial charge on any atom is -0.496 e. The number of aliphatic hydroxyl groups is 1. The van der Waals surface area contributed by atoms with Gasteiger partial charge in [-0.2, -0.15) is 0 Å². The van der Waals surface area contributed by atoms with Gasteiger partial charge in [-0.3, -0.25) is 0 Å². The summed E-state index contributed by atoms with van der Waals surface area (Å²) < 4.78 is 5.39. The van der Waals surface area contributed by atoms with E-state index in [1.54, 1.807) is 7.11 Å². The summed E-state index contributed by atoms with van der Waals surface area (Å²) in [7, 11) is 1.70. The van der Waals surface area contributed by atoms with Gasteiger partial charge in [0.15, 0.2) is 0 Å². The Hall–Kier alpha value is -1.02. The molecular formula is C18H28O2. The van der Waals surface area contributed by atoms with E-state index >= 15 is 0 Å². The van der Waals surface area contributed by atoms with Gasteiger partial charge < -0.3 is 9.84 Å². The smallest absolute Gasteiger partial charge is 0.122 e. The fourth-order valence-corrected chi connectivity index (χ4v) is 3.88. The van der Waals surface area contributed by atoms with E-state index in [4.69, 9.17) is 4.74 Å². The third kappa shape index (κ3) is 2.58. The van der Waals surface area contributed by atoms with E-state index in [9.17, 15) is 5.11 Å². The molecule has 1 fully saturated rings. The molecule has 2 heteroatoms. The van der Waals surface area contributed by atoms with Crippen LogP contribution in [0.4, 0.5) is 0 Å². The average molecular weight is 276 g/mol. The fourth-order valence-electron chi connectivity index (χ4n) is 3.88. The van der Waals surface area contributed by atoms with Gasteiger partial charge in [0.1, 0.15) is 5.75 Å². The highest BCUT2D eigenvalue weighted by Gasteiger charge is 2.42. The number of benzene rings is 1. The van der Waals surface area contributed by atoms with Crippen molar-refractivity contribution in [2.24, 2.45) is 11.8 Å². The molecule has 20 heavy (non-hydrogen) atoms. The highest BCUT2D eigenvalue weighted by Crippen LogP contribution is 2.47. The van der Waals surface area contributed by atoms with Crippen LogP contribution in [0.2, 0.25) is 0 Å². The van der Waals surface area contributed by atoms with Crippen molar-refractivity contribution in [2.45, 2.75) is 59.0 Å². The van der Waals surface area contributed by atoms with Crippen molar-refractivity contribution in [3.05, 3.63) is 28.8 Å². The van der Waals surface area contributed by atoms with Gasteiger partial charge in [-0.25, -0.2) is 0 Å². The van der Waals surface area contributed by atoms with Crippen LogP contribution in [0.5, 0.6) is 5.75 Å². The summed E-state index contributed by atoms with van der Waals surface area (Å²) in [5.41, 5.74) is 2.68. The van der Waals surface area contributed by atoms with Crippen LogP contribution in [-0.2, 0) is 5.60 Å². The van der Waals surface area contributed by atoms with Crippen LogP contribution >= 0.6 is 0 Å². The monoisotopic (exact) mass is 276 g/mol. The topological polar surface area (TPSA) is 29.5 Å². The van der Waals surface area contributed by atoms with E-state index in [1.165, 1.54) is 6.42 Å². The van der Waals surface area contributed by atoms with Crippen LogP contribution in [0.3, 0.4) is 0 Å². The molecule has 112 valence electrons. The molecule has 1 aromatic rings. The quantitative estimate of drug-likeness (QED) is 0.889. The summed E-state index contributed by atoms with van der Waals surface area (Å²) in [6.45, 7) is 8.60. The molecular weight excluding hydrogens is 248 g/mol. The molecule has 0 radical (unpaired) electrons. The molecule has 0 saturated heterocycles. The van der Waals surface area contributed by atoms with Crippen LogP contribution in [0.25, 0.3) is 0 Å². The summed E-state index contributed by atoms with van der Waals surface area (Å²) in [5, 5.41) is 11.4. The van der Waals surface area contributed by atoms with Crippen LogP contribution < -0.4 is 4.74 Å². The first kappa shape index (κ1) is 15.4. The maximum absolute atomic E-state index is 11.4. The van der Waals surface area contributed by atoms with E-state index in [0.717, 1.165) is 41.7 Å². The Morgan fingerprint density at radius 2 is 1.90 bits per heavy atom. The Morgan fingerprint density at radius 3 is 2.50 bits per heavy atom. The van der Waals surface area contributed by atoms with Crippen LogP contribution in [0.1, 0.15) is 56.2 Å². The third-order valence-corrected chi connectivity index (χ3v) is 4.95. The lowest BCUT2D eigenvalue weighted by atomic mass is 9.66. The molecule has 2 unspecified atom stereocenters. The highest BCUT2D eigenvalue weighted by atomic mass is 16.5. The normalized spacial score (nSPS) is 26.9. The number of hydrogen-bond acceptors (Lipinski definition) is 2. The van der Waals surface area contributed by atoms with Gasteiger partial charge in [-0.1, -0.05) is 26.7 Å². The molecule has 1 saturated carbocycles. The number of aryl methyl sites for hydroxylation is 2. The maximum atomic E-state index is 11.4. The molecule has 0 aromatic heterocycles. The number of rotatable bonds is 3. The highest BCUT2D eigenvalue weighted by molar-refractivity contribution is 5.44. The third-order valence-electron chi connectivity index (χ3n) is 4.95. The number of ether oxygens (including phenoxy) is 1. The Balaban J connectivity index is 2.49. The SMILES string of the molecule is COc1cc(C)c(C2(O)CCCCC2C(C)C)cc1C. The van der Waals surface area contributed by atoms with Crippen molar-refractivity contribution >= 4 is 0 Å². The molecule has 0 bridgehead atoms. The minimum atomic E-state index is -0.673. The minimum absolute atomic E-state index is 0.350.